The second kappa shape index (κ2) is 5.65. The Morgan fingerprint density at radius 3 is 2.41 bits per heavy atom. The fraction of sp³-hybridized carbons (Fsp3) is 0.600. The molecular formula is C15H24N2. The van der Waals surface area contributed by atoms with E-state index >= 15 is 0 Å². The van der Waals surface area contributed by atoms with E-state index in [9.17, 15) is 0 Å². The molecule has 0 bridgehead atoms. The first kappa shape index (κ1) is 12.6. The summed E-state index contributed by atoms with van der Waals surface area (Å²) < 4.78 is 0. The number of hydrogen-bond donors (Lipinski definition) is 1. The molecule has 1 N–H and O–H groups in total. The first-order valence-electron chi connectivity index (χ1n) is 6.62. The maximum atomic E-state index is 3.78. The molecule has 1 fully saturated rings. The minimum Gasteiger partial charge on any atom is -0.308 e. The molecule has 0 radical (unpaired) electrons. The zero-order chi connectivity index (χ0) is 12.3. The zero-order valence-electron chi connectivity index (χ0n) is 11.2. The van der Waals surface area contributed by atoms with Gasteiger partial charge in [0, 0.05) is 18.6 Å². The van der Waals surface area contributed by atoms with Gasteiger partial charge < -0.3 is 10.2 Å². The Balaban J connectivity index is 1.98. The van der Waals surface area contributed by atoms with Gasteiger partial charge in [-0.2, -0.15) is 0 Å². The van der Waals surface area contributed by atoms with Gasteiger partial charge in [0.2, 0.25) is 0 Å². The first-order chi connectivity index (χ1) is 8.16. The van der Waals surface area contributed by atoms with Crippen LogP contribution >= 0.6 is 0 Å². The second-order valence-electron chi connectivity index (χ2n) is 5.56. The predicted octanol–water partition coefficient (Wildman–Crippen LogP) is 2.68. The number of nitrogens with one attached hydrogen (secondary N) is 1. The van der Waals surface area contributed by atoms with Crippen LogP contribution in [0.15, 0.2) is 30.3 Å². The van der Waals surface area contributed by atoms with E-state index in [1.807, 2.05) is 0 Å². The molecule has 94 valence electrons. The Morgan fingerprint density at radius 1 is 1.24 bits per heavy atom. The van der Waals surface area contributed by atoms with Crippen LogP contribution in [0.5, 0.6) is 0 Å². The van der Waals surface area contributed by atoms with Crippen molar-refractivity contribution in [1.29, 1.82) is 0 Å². The molecule has 2 heteroatoms. The smallest absolute Gasteiger partial charge is 0.0351 e. The highest BCUT2D eigenvalue weighted by Crippen LogP contribution is 2.41. The zero-order valence-corrected chi connectivity index (χ0v) is 11.2. The highest BCUT2D eigenvalue weighted by molar-refractivity contribution is 5.21. The molecule has 2 nitrogen and oxygen atoms in total. The van der Waals surface area contributed by atoms with E-state index in [2.05, 4.69) is 61.6 Å². The molecule has 2 rings (SSSR count). The number of hydrogen-bond acceptors (Lipinski definition) is 2. The lowest BCUT2D eigenvalue weighted by Gasteiger charge is -2.25. The van der Waals surface area contributed by atoms with E-state index in [1.54, 1.807) is 0 Å². The lowest BCUT2D eigenvalue weighted by Crippen LogP contribution is -2.38. The number of benzene rings is 1. The average molecular weight is 232 g/mol. The molecule has 1 saturated carbocycles. The average Bonchev–Trinajstić information content (AvgIpc) is 3.10. The quantitative estimate of drug-likeness (QED) is 0.811. The highest BCUT2D eigenvalue weighted by atomic mass is 15.1. The molecule has 0 aromatic heterocycles. The van der Waals surface area contributed by atoms with Gasteiger partial charge in [-0.15, -0.1) is 0 Å². The van der Waals surface area contributed by atoms with E-state index in [-0.39, 0.29) is 0 Å². The number of nitrogens with zero attached hydrogens (tertiary/aromatic N) is 1. The summed E-state index contributed by atoms with van der Waals surface area (Å²) in [5, 5.41) is 3.78. The summed E-state index contributed by atoms with van der Waals surface area (Å²) in [6, 6.07) is 12.0. The van der Waals surface area contributed by atoms with Crippen LogP contribution in [0.1, 0.15) is 31.4 Å². The van der Waals surface area contributed by atoms with Crippen LogP contribution in [-0.4, -0.2) is 31.6 Å². The number of likely N-dealkylation sites (N-methyl/N-ethyl adjacent to an activating group) is 1. The maximum absolute atomic E-state index is 3.78. The summed E-state index contributed by atoms with van der Waals surface area (Å²) >= 11 is 0. The Labute approximate surface area is 105 Å². The molecule has 17 heavy (non-hydrogen) atoms. The van der Waals surface area contributed by atoms with Crippen LogP contribution in [0.4, 0.5) is 0 Å². The van der Waals surface area contributed by atoms with Gasteiger partial charge in [-0.05, 0) is 45.3 Å². The van der Waals surface area contributed by atoms with Crippen LogP contribution in [0.3, 0.4) is 0 Å². The van der Waals surface area contributed by atoms with Crippen molar-refractivity contribution in [3.63, 3.8) is 0 Å². The molecule has 2 unspecified atom stereocenters. The molecule has 0 amide bonds. The van der Waals surface area contributed by atoms with E-state index in [0.717, 1.165) is 12.5 Å². The monoisotopic (exact) mass is 232 g/mol. The van der Waals surface area contributed by atoms with Gasteiger partial charge >= 0.3 is 0 Å². The summed E-state index contributed by atoms with van der Waals surface area (Å²) in [5.41, 5.74) is 1.45. The highest BCUT2D eigenvalue weighted by Gasteiger charge is 2.32. The minimum atomic E-state index is 0.538. The lowest BCUT2D eigenvalue weighted by atomic mass is 10.0. The summed E-state index contributed by atoms with van der Waals surface area (Å²) in [6.07, 6.45) is 2.75. The number of rotatable bonds is 6. The molecule has 0 spiro atoms. The summed E-state index contributed by atoms with van der Waals surface area (Å²) in [7, 11) is 4.26. The van der Waals surface area contributed by atoms with Crippen molar-refractivity contribution in [2.45, 2.75) is 31.8 Å². The van der Waals surface area contributed by atoms with Crippen molar-refractivity contribution in [3.05, 3.63) is 35.9 Å². The molecule has 1 aromatic rings. The van der Waals surface area contributed by atoms with Gasteiger partial charge in [0.15, 0.2) is 0 Å². The summed E-state index contributed by atoms with van der Waals surface area (Å²) in [6.45, 7) is 3.37. The van der Waals surface area contributed by atoms with Crippen LogP contribution in [0.25, 0.3) is 0 Å². The molecule has 1 aliphatic carbocycles. The first-order valence-corrected chi connectivity index (χ1v) is 6.62. The molecular weight excluding hydrogens is 208 g/mol. The van der Waals surface area contributed by atoms with Crippen LogP contribution in [-0.2, 0) is 0 Å². The van der Waals surface area contributed by atoms with Crippen molar-refractivity contribution < 1.29 is 0 Å². The molecule has 1 aromatic carbocycles. The van der Waals surface area contributed by atoms with E-state index in [4.69, 9.17) is 0 Å². The standard InChI is InChI=1S/C15H24N2/c1-12(11-17(2)3)16-15(14-9-10-14)13-7-5-4-6-8-13/h4-8,12,14-16H,9-11H2,1-3H3. The van der Waals surface area contributed by atoms with E-state index < -0.39 is 0 Å². The molecule has 1 aliphatic rings. The topological polar surface area (TPSA) is 15.3 Å². The van der Waals surface area contributed by atoms with Gasteiger partial charge in [-0.3, -0.25) is 0 Å². The van der Waals surface area contributed by atoms with Gasteiger partial charge in [-0.25, -0.2) is 0 Å². The third-order valence-electron chi connectivity index (χ3n) is 3.36. The van der Waals surface area contributed by atoms with Crippen molar-refractivity contribution >= 4 is 0 Å². The second-order valence-corrected chi connectivity index (χ2v) is 5.56. The van der Waals surface area contributed by atoms with Crippen molar-refractivity contribution in [2.24, 2.45) is 5.92 Å². The van der Waals surface area contributed by atoms with Gasteiger partial charge in [0.05, 0.1) is 0 Å². The Bertz CT molecular complexity index is 330. The van der Waals surface area contributed by atoms with Crippen LogP contribution in [0.2, 0.25) is 0 Å². The third kappa shape index (κ3) is 3.83. The van der Waals surface area contributed by atoms with E-state index in [1.165, 1.54) is 18.4 Å². The fourth-order valence-electron chi connectivity index (χ4n) is 2.50. The van der Waals surface area contributed by atoms with Gasteiger partial charge in [0.25, 0.3) is 0 Å². The molecule has 0 aliphatic heterocycles. The Kier molecular flexibility index (Phi) is 4.19. The molecule has 2 atom stereocenters. The minimum absolute atomic E-state index is 0.538. The van der Waals surface area contributed by atoms with Crippen LogP contribution < -0.4 is 5.32 Å². The Hall–Kier alpha value is -0.860. The Morgan fingerprint density at radius 2 is 1.88 bits per heavy atom. The predicted molar refractivity (Wildman–Crippen MR) is 73.1 cm³/mol. The maximum Gasteiger partial charge on any atom is 0.0351 e. The summed E-state index contributed by atoms with van der Waals surface area (Å²) in [4.78, 5) is 2.24. The third-order valence-corrected chi connectivity index (χ3v) is 3.36. The van der Waals surface area contributed by atoms with Gasteiger partial charge in [-0.1, -0.05) is 30.3 Å². The van der Waals surface area contributed by atoms with Crippen molar-refractivity contribution in [1.82, 2.24) is 10.2 Å². The lowest BCUT2D eigenvalue weighted by molar-refractivity contribution is 0.319. The van der Waals surface area contributed by atoms with Crippen molar-refractivity contribution in [2.75, 3.05) is 20.6 Å². The normalized spacial score (nSPS) is 19.3. The van der Waals surface area contributed by atoms with Crippen LogP contribution in [0, 0.1) is 5.92 Å². The SMILES string of the molecule is CC(CN(C)C)NC(c1ccccc1)C1CC1. The van der Waals surface area contributed by atoms with Gasteiger partial charge in [0.1, 0.15) is 0 Å². The molecule has 0 saturated heterocycles. The van der Waals surface area contributed by atoms with E-state index in [0.29, 0.717) is 12.1 Å². The molecule has 0 heterocycles. The summed E-state index contributed by atoms with van der Waals surface area (Å²) in [5.74, 6) is 0.849. The fourth-order valence-corrected chi connectivity index (χ4v) is 2.50. The largest absolute Gasteiger partial charge is 0.308 e. The van der Waals surface area contributed by atoms with Crippen molar-refractivity contribution in [3.8, 4) is 0 Å².